The molecular formula is C21H22N4O3. The second-order valence-electron chi connectivity index (χ2n) is 6.48. The summed E-state index contributed by atoms with van der Waals surface area (Å²) in [5.41, 5.74) is 3.11. The number of Topliss-reactive ketones (excluding diaryl/α,β-unsaturated/α-hetero) is 1. The van der Waals surface area contributed by atoms with Gasteiger partial charge >= 0.3 is 0 Å². The lowest BCUT2D eigenvalue weighted by Gasteiger charge is -2.16. The van der Waals surface area contributed by atoms with Crippen LogP contribution in [0.2, 0.25) is 0 Å². The Kier molecular flexibility index (Phi) is 5.84. The number of benzene rings is 2. The topological polar surface area (TPSA) is 86.1 Å². The quantitative estimate of drug-likeness (QED) is 0.639. The Morgan fingerprint density at radius 2 is 1.93 bits per heavy atom. The van der Waals surface area contributed by atoms with Gasteiger partial charge in [-0.25, -0.2) is 9.67 Å². The standard InChI is InChI=1S/C21H22N4O3/c1-14(16-4-7-19(8-5-16)25-13-22-12-23-25)24-21(27)11-18-10-17(15(2)26)6-9-20(18)28-3/h4-10,12-14H,11H2,1-3H3,(H,24,27). The normalized spacial score (nSPS) is 11.7. The van der Waals surface area contributed by atoms with Gasteiger partial charge in [-0.2, -0.15) is 5.10 Å². The highest BCUT2D eigenvalue weighted by Crippen LogP contribution is 2.22. The fourth-order valence-electron chi connectivity index (χ4n) is 2.94. The molecule has 144 valence electrons. The van der Waals surface area contributed by atoms with Gasteiger partial charge in [0.05, 0.1) is 25.3 Å². The first-order chi connectivity index (χ1) is 13.5. The van der Waals surface area contributed by atoms with E-state index >= 15 is 0 Å². The molecule has 7 heteroatoms. The number of methoxy groups -OCH3 is 1. The van der Waals surface area contributed by atoms with Gasteiger partial charge in [0.1, 0.15) is 18.4 Å². The maximum atomic E-state index is 12.5. The summed E-state index contributed by atoms with van der Waals surface area (Å²) in [7, 11) is 1.55. The molecule has 0 aliphatic heterocycles. The van der Waals surface area contributed by atoms with Crippen molar-refractivity contribution in [3.05, 3.63) is 71.8 Å². The van der Waals surface area contributed by atoms with E-state index in [0.717, 1.165) is 11.3 Å². The fourth-order valence-corrected chi connectivity index (χ4v) is 2.94. The molecule has 0 fully saturated rings. The summed E-state index contributed by atoms with van der Waals surface area (Å²) in [4.78, 5) is 28.1. The summed E-state index contributed by atoms with van der Waals surface area (Å²) in [6.45, 7) is 3.42. The van der Waals surface area contributed by atoms with Crippen molar-refractivity contribution in [1.29, 1.82) is 0 Å². The smallest absolute Gasteiger partial charge is 0.225 e. The lowest BCUT2D eigenvalue weighted by atomic mass is 10.0. The average molecular weight is 378 g/mol. The summed E-state index contributed by atoms with van der Waals surface area (Å²) < 4.78 is 6.98. The van der Waals surface area contributed by atoms with Gasteiger partial charge < -0.3 is 10.1 Å². The Balaban J connectivity index is 1.67. The molecule has 1 amide bonds. The van der Waals surface area contributed by atoms with Crippen molar-refractivity contribution in [2.75, 3.05) is 7.11 Å². The lowest BCUT2D eigenvalue weighted by molar-refractivity contribution is -0.121. The van der Waals surface area contributed by atoms with Gasteiger partial charge in [0.15, 0.2) is 5.78 Å². The van der Waals surface area contributed by atoms with Crippen molar-refractivity contribution in [3.8, 4) is 11.4 Å². The highest BCUT2D eigenvalue weighted by Gasteiger charge is 2.14. The Morgan fingerprint density at radius 1 is 1.18 bits per heavy atom. The summed E-state index contributed by atoms with van der Waals surface area (Å²) in [6, 6.07) is 12.7. The molecular weight excluding hydrogens is 356 g/mol. The van der Waals surface area contributed by atoms with Crippen molar-refractivity contribution < 1.29 is 14.3 Å². The van der Waals surface area contributed by atoms with Crippen LogP contribution < -0.4 is 10.1 Å². The molecule has 0 saturated carbocycles. The number of carbonyl (C=O) groups excluding carboxylic acids is 2. The molecule has 0 bridgehead atoms. The molecule has 1 atom stereocenters. The zero-order valence-corrected chi connectivity index (χ0v) is 16.0. The summed E-state index contributed by atoms with van der Waals surface area (Å²) in [5.74, 6) is 0.391. The number of ether oxygens (including phenoxy) is 1. The maximum absolute atomic E-state index is 12.5. The van der Waals surface area contributed by atoms with Crippen LogP contribution in [0.25, 0.3) is 5.69 Å². The van der Waals surface area contributed by atoms with Crippen molar-refractivity contribution >= 4 is 11.7 Å². The van der Waals surface area contributed by atoms with Crippen molar-refractivity contribution in [2.45, 2.75) is 26.3 Å². The SMILES string of the molecule is COc1ccc(C(C)=O)cc1CC(=O)NC(C)c1ccc(-n2cncn2)cc1. The van der Waals surface area contributed by atoms with Crippen LogP contribution >= 0.6 is 0 Å². The molecule has 0 spiro atoms. The maximum Gasteiger partial charge on any atom is 0.225 e. The number of aromatic nitrogens is 3. The van der Waals surface area contributed by atoms with Gasteiger partial charge in [-0.05, 0) is 49.7 Å². The number of nitrogens with one attached hydrogen (secondary N) is 1. The van der Waals surface area contributed by atoms with Crippen LogP contribution in [-0.2, 0) is 11.2 Å². The molecule has 1 unspecified atom stereocenters. The van der Waals surface area contributed by atoms with E-state index in [1.165, 1.54) is 13.3 Å². The Labute approximate surface area is 163 Å². The highest BCUT2D eigenvalue weighted by molar-refractivity contribution is 5.94. The molecule has 3 rings (SSSR count). The Bertz CT molecular complexity index is 966. The number of hydrogen-bond donors (Lipinski definition) is 1. The molecule has 2 aromatic carbocycles. The van der Waals surface area contributed by atoms with E-state index in [1.54, 1.807) is 36.3 Å². The van der Waals surface area contributed by atoms with E-state index in [9.17, 15) is 9.59 Å². The zero-order valence-electron chi connectivity index (χ0n) is 16.0. The third-order valence-corrected chi connectivity index (χ3v) is 4.49. The van der Waals surface area contributed by atoms with Crippen LogP contribution in [-0.4, -0.2) is 33.6 Å². The van der Waals surface area contributed by atoms with Crippen molar-refractivity contribution in [3.63, 3.8) is 0 Å². The Morgan fingerprint density at radius 3 is 2.54 bits per heavy atom. The molecule has 7 nitrogen and oxygen atoms in total. The molecule has 0 saturated heterocycles. The van der Waals surface area contributed by atoms with Crippen LogP contribution in [0, 0.1) is 0 Å². The molecule has 1 N–H and O–H groups in total. The molecule has 0 aliphatic rings. The van der Waals surface area contributed by atoms with Crippen molar-refractivity contribution in [2.24, 2.45) is 0 Å². The average Bonchev–Trinajstić information content (AvgIpc) is 3.22. The number of ketones is 1. The molecule has 1 heterocycles. The predicted octanol–water partition coefficient (Wildman–Crippen LogP) is 2.90. The fraction of sp³-hybridized carbons (Fsp3) is 0.238. The number of carbonyl (C=O) groups is 2. The summed E-state index contributed by atoms with van der Waals surface area (Å²) in [5, 5.41) is 7.08. The first-order valence-electron chi connectivity index (χ1n) is 8.90. The van der Waals surface area contributed by atoms with Crippen LogP contribution in [0.4, 0.5) is 0 Å². The van der Waals surface area contributed by atoms with E-state index in [-0.39, 0.29) is 24.2 Å². The third-order valence-electron chi connectivity index (χ3n) is 4.49. The van der Waals surface area contributed by atoms with E-state index in [1.807, 2.05) is 31.2 Å². The minimum Gasteiger partial charge on any atom is -0.496 e. The second-order valence-corrected chi connectivity index (χ2v) is 6.48. The van der Waals surface area contributed by atoms with Gasteiger partial charge in [0.2, 0.25) is 5.91 Å². The molecule has 28 heavy (non-hydrogen) atoms. The van der Waals surface area contributed by atoms with Gasteiger partial charge in [-0.1, -0.05) is 12.1 Å². The summed E-state index contributed by atoms with van der Waals surface area (Å²) in [6.07, 6.45) is 3.24. The highest BCUT2D eigenvalue weighted by atomic mass is 16.5. The van der Waals surface area contributed by atoms with Crippen LogP contribution in [0.5, 0.6) is 5.75 Å². The third kappa shape index (κ3) is 4.43. The first-order valence-corrected chi connectivity index (χ1v) is 8.90. The lowest BCUT2D eigenvalue weighted by Crippen LogP contribution is -2.28. The van der Waals surface area contributed by atoms with Crippen LogP contribution in [0.3, 0.4) is 0 Å². The zero-order chi connectivity index (χ0) is 20.1. The van der Waals surface area contributed by atoms with Gasteiger partial charge in [-0.15, -0.1) is 0 Å². The number of nitrogens with zero attached hydrogens (tertiary/aromatic N) is 3. The van der Waals surface area contributed by atoms with Crippen LogP contribution in [0.15, 0.2) is 55.1 Å². The van der Waals surface area contributed by atoms with Gasteiger partial charge in [0.25, 0.3) is 0 Å². The monoisotopic (exact) mass is 378 g/mol. The van der Waals surface area contributed by atoms with Gasteiger partial charge in [-0.3, -0.25) is 9.59 Å². The molecule has 0 radical (unpaired) electrons. The second kappa shape index (κ2) is 8.47. The van der Waals surface area contributed by atoms with E-state index in [0.29, 0.717) is 16.9 Å². The predicted molar refractivity (Wildman–Crippen MR) is 105 cm³/mol. The Hall–Kier alpha value is -3.48. The number of rotatable bonds is 7. The van der Waals surface area contributed by atoms with Crippen molar-refractivity contribution in [1.82, 2.24) is 20.1 Å². The molecule has 1 aromatic heterocycles. The van der Waals surface area contributed by atoms with E-state index < -0.39 is 0 Å². The summed E-state index contributed by atoms with van der Waals surface area (Å²) >= 11 is 0. The minimum absolute atomic E-state index is 0.0508. The largest absolute Gasteiger partial charge is 0.496 e. The molecule has 0 aliphatic carbocycles. The number of amides is 1. The van der Waals surface area contributed by atoms with Gasteiger partial charge in [0, 0.05) is 11.1 Å². The first kappa shape index (κ1) is 19.3. The van der Waals surface area contributed by atoms with E-state index in [2.05, 4.69) is 15.4 Å². The molecule has 3 aromatic rings. The van der Waals surface area contributed by atoms with Crippen LogP contribution in [0.1, 0.15) is 41.4 Å². The number of hydrogen-bond acceptors (Lipinski definition) is 5. The minimum atomic E-state index is -0.167. The van der Waals surface area contributed by atoms with E-state index in [4.69, 9.17) is 4.74 Å².